The van der Waals surface area contributed by atoms with E-state index in [1.807, 2.05) is 18.7 Å². The van der Waals surface area contributed by atoms with Crippen LogP contribution in [0.25, 0.3) is 0 Å². The molecule has 0 aromatic carbocycles. The third kappa shape index (κ3) is 3.36. The summed E-state index contributed by atoms with van der Waals surface area (Å²) in [6.45, 7) is 7.04. The maximum absolute atomic E-state index is 6.10. The van der Waals surface area contributed by atoms with Crippen molar-refractivity contribution < 1.29 is 0 Å². The molecule has 5 nitrogen and oxygen atoms in total. The fourth-order valence-corrected chi connectivity index (χ4v) is 1.95. The third-order valence-corrected chi connectivity index (χ3v) is 2.86. The molecule has 5 heteroatoms. The van der Waals surface area contributed by atoms with Gasteiger partial charge < -0.3 is 16.0 Å². The Balaban J connectivity index is 2.79. The van der Waals surface area contributed by atoms with Crippen LogP contribution in [-0.2, 0) is 6.54 Å². The lowest BCUT2D eigenvalue weighted by Crippen LogP contribution is -2.25. The second-order valence-electron chi connectivity index (χ2n) is 4.42. The average Bonchev–Trinajstić information content (AvgIpc) is 2.55. The molecule has 1 aromatic rings. The standard InChI is InChI=1S/C12H25N5/c1-5-8-17-12(11(13)10(2)15-17)16(4)9-6-7-14-3/h14H,5-9,13H2,1-4H3. The molecular formula is C12H25N5. The molecule has 0 atom stereocenters. The van der Waals surface area contributed by atoms with Gasteiger partial charge in [-0.2, -0.15) is 5.10 Å². The number of rotatable bonds is 7. The van der Waals surface area contributed by atoms with Gasteiger partial charge in [-0.15, -0.1) is 0 Å². The Kier molecular flexibility index (Phi) is 5.28. The quantitative estimate of drug-likeness (QED) is 0.703. The van der Waals surface area contributed by atoms with Crippen LogP contribution in [0.3, 0.4) is 0 Å². The number of nitrogens with zero attached hydrogens (tertiary/aromatic N) is 3. The van der Waals surface area contributed by atoms with Crippen molar-refractivity contribution in [2.24, 2.45) is 0 Å². The first-order chi connectivity index (χ1) is 8.11. The molecule has 0 spiro atoms. The zero-order chi connectivity index (χ0) is 12.8. The van der Waals surface area contributed by atoms with Crippen molar-refractivity contribution in [1.29, 1.82) is 0 Å². The van der Waals surface area contributed by atoms with Gasteiger partial charge >= 0.3 is 0 Å². The van der Waals surface area contributed by atoms with Crippen LogP contribution in [0.1, 0.15) is 25.5 Å². The highest BCUT2D eigenvalue weighted by molar-refractivity contribution is 5.65. The first-order valence-corrected chi connectivity index (χ1v) is 6.30. The second-order valence-corrected chi connectivity index (χ2v) is 4.42. The fraction of sp³-hybridized carbons (Fsp3) is 0.750. The fourth-order valence-electron chi connectivity index (χ4n) is 1.95. The first-order valence-electron chi connectivity index (χ1n) is 6.30. The van der Waals surface area contributed by atoms with Crippen molar-refractivity contribution in [1.82, 2.24) is 15.1 Å². The Morgan fingerprint density at radius 3 is 2.76 bits per heavy atom. The molecule has 0 saturated carbocycles. The minimum atomic E-state index is 0.811. The second kappa shape index (κ2) is 6.49. The van der Waals surface area contributed by atoms with Gasteiger partial charge in [-0.3, -0.25) is 0 Å². The smallest absolute Gasteiger partial charge is 0.150 e. The van der Waals surface area contributed by atoms with E-state index in [1.165, 1.54) is 0 Å². The molecule has 17 heavy (non-hydrogen) atoms. The van der Waals surface area contributed by atoms with Crippen LogP contribution in [0.5, 0.6) is 0 Å². The van der Waals surface area contributed by atoms with E-state index in [0.717, 1.165) is 49.7 Å². The van der Waals surface area contributed by atoms with E-state index < -0.39 is 0 Å². The number of aromatic nitrogens is 2. The van der Waals surface area contributed by atoms with Crippen LogP contribution in [0, 0.1) is 6.92 Å². The number of nitrogens with one attached hydrogen (secondary N) is 1. The molecule has 0 bridgehead atoms. The van der Waals surface area contributed by atoms with Gasteiger partial charge in [-0.25, -0.2) is 4.68 Å². The van der Waals surface area contributed by atoms with Crippen molar-refractivity contribution in [3.05, 3.63) is 5.69 Å². The molecule has 0 aliphatic carbocycles. The van der Waals surface area contributed by atoms with Crippen molar-refractivity contribution in [3.63, 3.8) is 0 Å². The van der Waals surface area contributed by atoms with Gasteiger partial charge in [0.15, 0.2) is 0 Å². The summed E-state index contributed by atoms with van der Waals surface area (Å²) in [5.41, 5.74) is 7.83. The summed E-state index contributed by atoms with van der Waals surface area (Å²) in [5, 5.41) is 7.64. The Bertz CT molecular complexity index is 345. The lowest BCUT2D eigenvalue weighted by Gasteiger charge is -2.21. The third-order valence-electron chi connectivity index (χ3n) is 2.86. The zero-order valence-electron chi connectivity index (χ0n) is 11.5. The molecule has 0 aliphatic rings. The molecule has 1 rings (SSSR count). The van der Waals surface area contributed by atoms with Gasteiger partial charge in [0.1, 0.15) is 5.82 Å². The van der Waals surface area contributed by atoms with Crippen molar-refractivity contribution in [3.8, 4) is 0 Å². The number of hydrogen-bond donors (Lipinski definition) is 2. The van der Waals surface area contributed by atoms with Crippen LogP contribution < -0.4 is 16.0 Å². The maximum Gasteiger partial charge on any atom is 0.150 e. The van der Waals surface area contributed by atoms with Crippen LogP contribution in [0.2, 0.25) is 0 Å². The van der Waals surface area contributed by atoms with Gasteiger partial charge in [0.25, 0.3) is 0 Å². The zero-order valence-corrected chi connectivity index (χ0v) is 11.5. The highest BCUT2D eigenvalue weighted by atomic mass is 15.4. The largest absolute Gasteiger partial charge is 0.394 e. The molecule has 0 aliphatic heterocycles. The van der Waals surface area contributed by atoms with Gasteiger partial charge in [-0.1, -0.05) is 6.92 Å². The molecule has 0 fully saturated rings. The molecular weight excluding hydrogens is 214 g/mol. The highest BCUT2D eigenvalue weighted by Gasteiger charge is 2.15. The monoisotopic (exact) mass is 239 g/mol. The molecule has 1 aromatic heterocycles. The number of nitrogen functional groups attached to an aromatic ring is 1. The summed E-state index contributed by atoms with van der Waals surface area (Å²) in [4.78, 5) is 2.20. The summed E-state index contributed by atoms with van der Waals surface area (Å²) in [7, 11) is 4.05. The number of anilines is 2. The number of hydrogen-bond acceptors (Lipinski definition) is 4. The summed E-state index contributed by atoms with van der Waals surface area (Å²) < 4.78 is 2.02. The molecule has 0 amide bonds. The van der Waals surface area contributed by atoms with E-state index in [-0.39, 0.29) is 0 Å². The van der Waals surface area contributed by atoms with Crippen LogP contribution in [0.15, 0.2) is 0 Å². The van der Waals surface area contributed by atoms with Crippen molar-refractivity contribution in [2.45, 2.75) is 33.2 Å². The molecule has 0 unspecified atom stereocenters. The van der Waals surface area contributed by atoms with Gasteiger partial charge in [0.05, 0.1) is 11.4 Å². The summed E-state index contributed by atoms with van der Waals surface area (Å²) in [5.74, 6) is 1.06. The minimum absolute atomic E-state index is 0.811. The highest BCUT2D eigenvalue weighted by Crippen LogP contribution is 2.25. The van der Waals surface area contributed by atoms with Crippen LogP contribution >= 0.6 is 0 Å². The number of aryl methyl sites for hydroxylation is 2. The van der Waals surface area contributed by atoms with E-state index >= 15 is 0 Å². The molecule has 98 valence electrons. The Labute approximate surface area is 104 Å². The summed E-state index contributed by atoms with van der Waals surface area (Å²) in [6, 6.07) is 0. The first kappa shape index (κ1) is 13.8. The number of nitrogens with two attached hydrogens (primary N) is 1. The predicted molar refractivity (Wildman–Crippen MR) is 73.5 cm³/mol. The van der Waals surface area contributed by atoms with Crippen molar-refractivity contribution in [2.75, 3.05) is 37.8 Å². The SMILES string of the molecule is CCCn1nc(C)c(N)c1N(C)CCCNC. The lowest BCUT2D eigenvalue weighted by molar-refractivity contribution is 0.587. The predicted octanol–water partition coefficient (Wildman–Crippen LogP) is 1.23. The molecule has 0 radical (unpaired) electrons. The Morgan fingerprint density at radius 1 is 1.47 bits per heavy atom. The maximum atomic E-state index is 6.10. The molecule has 0 saturated heterocycles. The van der Waals surface area contributed by atoms with Crippen LogP contribution in [0.4, 0.5) is 11.5 Å². The van der Waals surface area contributed by atoms with Crippen LogP contribution in [-0.4, -0.2) is 37.0 Å². The van der Waals surface area contributed by atoms with Gasteiger partial charge in [0, 0.05) is 20.1 Å². The topological polar surface area (TPSA) is 59.1 Å². The Hall–Kier alpha value is -1.23. The summed E-state index contributed by atoms with van der Waals surface area (Å²) in [6.07, 6.45) is 2.17. The van der Waals surface area contributed by atoms with Gasteiger partial charge in [0.2, 0.25) is 0 Å². The van der Waals surface area contributed by atoms with E-state index in [2.05, 4.69) is 29.3 Å². The minimum Gasteiger partial charge on any atom is -0.394 e. The normalized spacial score (nSPS) is 10.8. The average molecular weight is 239 g/mol. The van der Waals surface area contributed by atoms with E-state index in [0.29, 0.717) is 0 Å². The van der Waals surface area contributed by atoms with E-state index in [4.69, 9.17) is 5.73 Å². The van der Waals surface area contributed by atoms with Crippen molar-refractivity contribution >= 4 is 11.5 Å². The molecule has 1 heterocycles. The molecule has 3 N–H and O–H groups in total. The van der Waals surface area contributed by atoms with E-state index in [1.54, 1.807) is 0 Å². The van der Waals surface area contributed by atoms with Gasteiger partial charge in [-0.05, 0) is 33.4 Å². The summed E-state index contributed by atoms with van der Waals surface area (Å²) >= 11 is 0. The van der Waals surface area contributed by atoms with E-state index in [9.17, 15) is 0 Å². The lowest BCUT2D eigenvalue weighted by atomic mass is 10.3. The Morgan fingerprint density at radius 2 is 2.18 bits per heavy atom.